The molecule has 1 fully saturated rings. The molecule has 0 spiro atoms. The van der Waals surface area contributed by atoms with Gasteiger partial charge in [0.15, 0.2) is 0 Å². The highest BCUT2D eigenvalue weighted by molar-refractivity contribution is 8.00. The molecule has 1 rings (SSSR count). The summed E-state index contributed by atoms with van der Waals surface area (Å²) in [5.41, 5.74) is 0. The van der Waals surface area contributed by atoms with Gasteiger partial charge in [-0.1, -0.05) is 27.2 Å². The molecular weight excluding hydrogens is 244 g/mol. The van der Waals surface area contributed by atoms with Crippen LogP contribution in [-0.2, 0) is 4.74 Å². The largest absolute Gasteiger partial charge is 0.380 e. The van der Waals surface area contributed by atoms with Crippen LogP contribution in [0.4, 0.5) is 0 Å². The first kappa shape index (κ1) is 16.3. The number of unbranched alkanes of at least 4 members (excludes halogenated alkanes) is 1. The molecule has 0 aliphatic carbocycles. The van der Waals surface area contributed by atoms with Crippen LogP contribution in [0.15, 0.2) is 0 Å². The SMILES string of the molecule is CCCCOCCNCCN1CC(C)SC(C)C1. The van der Waals surface area contributed by atoms with Crippen LogP contribution in [-0.4, -0.2) is 61.3 Å². The lowest BCUT2D eigenvalue weighted by atomic mass is 10.3. The van der Waals surface area contributed by atoms with Gasteiger partial charge in [-0.15, -0.1) is 0 Å². The van der Waals surface area contributed by atoms with Gasteiger partial charge in [-0.25, -0.2) is 0 Å². The molecule has 1 N–H and O–H groups in total. The van der Waals surface area contributed by atoms with Crippen molar-refractivity contribution in [2.75, 3.05) is 45.9 Å². The highest BCUT2D eigenvalue weighted by atomic mass is 32.2. The first-order chi connectivity index (χ1) is 8.72. The lowest BCUT2D eigenvalue weighted by Crippen LogP contribution is -2.43. The average molecular weight is 274 g/mol. The van der Waals surface area contributed by atoms with E-state index in [9.17, 15) is 0 Å². The second-order valence-corrected chi connectivity index (χ2v) is 7.11. The zero-order chi connectivity index (χ0) is 13.2. The first-order valence-electron chi connectivity index (χ1n) is 7.38. The maximum absolute atomic E-state index is 5.52. The van der Waals surface area contributed by atoms with Crippen molar-refractivity contribution < 1.29 is 4.74 Å². The summed E-state index contributed by atoms with van der Waals surface area (Å²) in [6, 6.07) is 0. The summed E-state index contributed by atoms with van der Waals surface area (Å²) < 4.78 is 5.52. The van der Waals surface area contributed by atoms with Gasteiger partial charge in [0.1, 0.15) is 0 Å². The topological polar surface area (TPSA) is 24.5 Å². The summed E-state index contributed by atoms with van der Waals surface area (Å²) in [5, 5.41) is 5.03. The van der Waals surface area contributed by atoms with Gasteiger partial charge in [0.2, 0.25) is 0 Å². The molecule has 18 heavy (non-hydrogen) atoms. The van der Waals surface area contributed by atoms with Crippen molar-refractivity contribution in [3.05, 3.63) is 0 Å². The normalized spacial score (nSPS) is 25.5. The molecule has 2 unspecified atom stereocenters. The summed E-state index contributed by atoms with van der Waals surface area (Å²) in [6.07, 6.45) is 2.40. The third-order valence-electron chi connectivity index (χ3n) is 3.17. The van der Waals surface area contributed by atoms with E-state index < -0.39 is 0 Å². The molecule has 108 valence electrons. The predicted molar refractivity (Wildman–Crippen MR) is 81.6 cm³/mol. The fourth-order valence-electron chi connectivity index (χ4n) is 2.32. The number of thioether (sulfide) groups is 1. The second kappa shape index (κ2) is 10.1. The van der Waals surface area contributed by atoms with E-state index in [4.69, 9.17) is 4.74 Å². The van der Waals surface area contributed by atoms with E-state index in [1.54, 1.807) is 0 Å². The zero-order valence-corrected chi connectivity index (χ0v) is 13.1. The molecule has 0 aromatic heterocycles. The molecule has 0 amide bonds. The summed E-state index contributed by atoms with van der Waals surface area (Å²) in [4.78, 5) is 2.58. The molecule has 0 radical (unpaired) electrons. The fourth-order valence-corrected chi connectivity index (χ4v) is 3.71. The van der Waals surface area contributed by atoms with E-state index in [0.717, 1.165) is 36.8 Å². The molecule has 2 atom stereocenters. The van der Waals surface area contributed by atoms with Crippen LogP contribution in [0, 0.1) is 0 Å². The molecule has 1 heterocycles. The van der Waals surface area contributed by atoms with E-state index in [1.165, 1.54) is 32.5 Å². The Labute approximate surface area is 117 Å². The Bertz CT molecular complexity index is 194. The van der Waals surface area contributed by atoms with Crippen molar-refractivity contribution in [3.63, 3.8) is 0 Å². The van der Waals surface area contributed by atoms with Gasteiger partial charge in [-0.05, 0) is 6.42 Å². The molecule has 1 saturated heterocycles. The third kappa shape index (κ3) is 7.62. The van der Waals surface area contributed by atoms with Crippen LogP contribution in [0.5, 0.6) is 0 Å². The van der Waals surface area contributed by atoms with Gasteiger partial charge >= 0.3 is 0 Å². The van der Waals surface area contributed by atoms with Crippen molar-refractivity contribution >= 4 is 11.8 Å². The van der Waals surface area contributed by atoms with Gasteiger partial charge in [0, 0.05) is 49.8 Å². The highest BCUT2D eigenvalue weighted by Gasteiger charge is 2.21. The van der Waals surface area contributed by atoms with Gasteiger partial charge in [-0.2, -0.15) is 11.8 Å². The number of nitrogens with one attached hydrogen (secondary N) is 1. The molecule has 0 bridgehead atoms. The Morgan fingerprint density at radius 2 is 1.89 bits per heavy atom. The minimum Gasteiger partial charge on any atom is -0.380 e. The lowest BCUT2D eigenvalue weighted by Gasteiger charge is -2.34. The van der Waals surface area contributed by atoms with Crippen LogP contribution in [0.25, 0.3) is 0 Å². The van der Waals surface area contributed by atoms with E-state index in [-0.39, 0.29) is 0 Å². The number of ether oxygens (including phenoxy) is 1. The minimum absolute atomic E-state index is 0.783. The maximum Gasteiger partial charge on any atom is 0.0590 e. The lowest BCUT2D eigenvalue weighted by molar-refractivity contribution is 0.132. The molecule has 0 aromatic rings. The van der Waals surface area contributed by atoms with Crippen LogP contribution in [0.3, 0.4) is 0 Å². The second-order valence-electron chi connectivity index (χ2n) is 5.23. The predicted octanol–water partition coefficient (Wildman–Crippen LogP) is 2.22. The molecule has 0 aromatic carbocycles. The molecule has 1 aliphatic heterocycles. The first-order valence-corrected chi connectivity index (χ1v) is 8.33. The Morgan fingerprint density at radius 1 is 1.17 bits per heavy atom. The highest BCUT2D eigenvalue weighted by Crippen LogP contribution is 2.24. The Kier molecular flexibility index (Phi) is 9.11. The minimum atomic E-state index is 0.783. The third-order valence-corrected chi connectivity index (χ3v) is 4.39. The molecule has 0 saturated carbocycles. The van der Waals surface area contributed by atoms with Crippen LogP contribution in [0.2, 0.25) is 0 Å². The van der Waals surface area contributed by atoms with E-state index in [2.05, 4.69) is 42.7 Å². The standard InChI is InChI=1S/C14H30N2OS/c1-4-5-9-17-10-7-15-6-8-16-11-13(2)18-14(3)12-16/h13-15H,4-12H2,1-3H3. The molecule has 1 aliphatic rings. The van der Waals surface area contributed by atoms with Gasteiger partial charge in [0.05, 0.1) is 6.61 Å². The zero-order valence-electron chi connectivity index (χ0n) is 12.3. The van der Waals surface area contributed by atoms with Crippen molar-refractivity contribution in [1.82, 2.24) is 10.2 Å². The van der Waals surface area contributed by atoms with Crippen LogP contribution in [0.1, 0.15) is 33.6 Å². The Balaban J connectivity index is 1.91. The van der Waals surface area contributed by atoms with E-state index in [0.29, 0.717) is 0 Å². The van der Waals surface area contributed by atoms with Gasteiger partial charge in [0.25, 0.3) is 0 Å². The molecular formula is C14H30N2OS. The van der Waals surface area contributed by atoms with Crippen LogP contribution < -0.4 is 5.32 Å². The fraction of sp³-hybridized carbons (Fsp3) is 1.00. The van der Waals surface area contributed by atoms with Crippen molar-refractivity contribution in [1.29, 1.82) is 0 Å². The Morgan fingerprint density at radius 3 is 2.56 bits per heavy atom. The van der Waals surface area contributed by atoms with Crippen molar-refractivity contribution in [2.24, 2.45) is 0 Å². The van der Waals surface area contributed by atoms with Gasteiger partial charge < -0.3 is 10.1 Å². The molecule has 3 nitrogen and oxygen atoms in total. The summed E-state index contributed by atoms with van der Waals surface area (Å²) in [5.74, 6) is 0. The smallest absolute Gasteiger partial charge is 0.0590 e. The summed E-state index contributed by atoms with van der Waals surface area (Å²) >= 11 is 2.12. The number of hydrogen-bond donors (Lipinski definition) is 1. The van der Waals surface area contributed by atoms with Crippen molar-refractivity contribution in [3.8, 4) is 0 Å². The number of nitrogens with zero attached hydrogens (tertiary/aromatic N) is 1. The quantitative estimate of drug-likeness (QED) is 0.652. The van der Waals surface area contributed by atoms with E-state index >= 15 is 0 Å². The van der Waals surface area contributed by atoms with Gasteiger partial charge in [-0.3, -0.25) is 4.90 Å². The average Bonchev–Trinajstić information content (AvgIpc) is 2.31. The Hall–Kier alpha value is 0.230. The number of hydrogen-bond acceptors (Lipinski definition) is 4. The van der Waals surface area contributed by atoms with Crippen molar-refractivity contribution in [2.45, 2.75) is 44.1 Å². The van der Waals surface area contributed by atoms with E-state index in [1.807, 2.05) is 0 Å². The monoisotopic (exact) mass is 274 g/mol. The molecule has 4 heteroatoms. The van der Waals surface area contributed by atoms with Crippen LogP contribution >= 0.6 is 11.8 Å². The summed E-state index contributed by atoms with van der Waals surface area (Å²) in [6.45, 7) is 14.3. The maximum atomic E-state index is 5.52. The summed E-state index contributed by atoms with van der Waals surface area (Å²) in [7, 11) is 0. The number of rotatable bonds is 9.